The zero-order valence-corrected chi connectivity index (χ0v) is 35.4. The van der Waals surface area contributed by atoms with Gasteiger partial charge in [0.15, 0.2) is 0 Å². The van der Waals surface area contributed by atoms with E-state index in [4.69, 9.17) is 19.5 Å². The van der Waals surface area contributed by atoms with Gasteiger partial charge in [-0.15, -0.1) is 0 Å². The predicted octanol–water partition coefficient (Wildman–Crippen LogP) is 11.8. The van der Waals surface area contributed by atoms with E-state index in [1.807, 2.05) is 0 Å². The topological polar surface area (TPSA) is 43.2 Å². The Hall–Kier alpha value is -4.18. The van der Waals surface area contributed by atoms with Crippen molar-refractivity contribution in [2.45, 2.75) is 155 Å². The fourth-order valence-electron chi connectivity index (χ4n) is 9.14. The van der Waals surface area contributed by atoms with Crippen molar-refractivity contribution in [2.24, 2.45) is 15.4 Å². The molecule has 4 aromatic rings. The Labute approximate surface area is 330 Å². The van der Waals surface area contributed by atoms with E-state index < -0.39 is 5.41 Å². The highest BCUT2D eigenvalue weighted by molar-refractivity contribution is 6.07. The highest BCUT2D eigenvalue weighted by atomic mass is 16.5. The number of fused-ring (bicyclic) bond motifs is 6. The smallest absolute Gasteiger partial charge is 0.201 e. The zero-order chi connectivity index (χ0) is 39.3. The lowest BCUT2D eigenvalue weighted by Gasteiger charge is -2.36. The van der Waals surface area contributed by atoms with E-state index in [-0.39, 0.29) is 46.0 Å². The first-order chi connectivity index (χ1) is 25.7. The number of rotatable bonds is 6. The Balaban J connectivity index is 1.38. The highest BCUT2D eigenvalue weighted by Gasteiger charge is 2.55. The monoisotopic (exact) mass is 734 g/mol. The van der Waals surface area contributed by atoms with Crippen LogP contribution in [-0.2, 0) is 56.8 Å². The molecule has 2 aliphatic heterocycles. The second-order valence-corrected chi connectivity index (χ2v) is 21.1. The molecule has 4 aliphatic rings. The van der Waals surface area contributed by atoms with Gasteiger partial charge in [0.05, 0.1) is 0 Å². The number of aliphatic imine (C=N–C) groups is 2. The van der Waals surface area contributed by atoms with Crippen molar-refractivity contribution in [3.8, 4) is 0 Å². The van der Waals surface area contributed by atoms with Crippen molar-refractivity contribution in [3.05, 3.63) is 141 Å². The third-order valence-electron chi connectivity index (χ3n) is 12.6. The Morgan fingerprint density at radius 3 is 1.13 bits per heavy atom. The second-order valence-electron chi connectivity index (χ2n) is 21.1. The summed E-state index contributed by atoms with van der Waals surface area (Å²) >= 11 is 0. The molecule has 4 heteroatoms. The normalized spacial score (nSPS) is 22.0. The SMILES string of the molecule is CC(C)(C)c1cc(CC(Cc2cc(C(C)(C)C)cc(C(C)(C)C)c2)(C2=N[C@@H]3c4ccccc4C[C@@H]3O2)C2=N[C@@H]3c4ccccc4C[C@@H]3O2)cc(C(C)(C)C)c1. The maximum absolute atomic E-state index is 7.26. The molecule has 0 N–H and O–H groups in total. The molecule has 0 amide bonds. The summed E-state index contributed by atoms with van der Waals surface area (Å²) in [4.78, 5) is 11.3. The first-order valence-corrected chi connectivity index (χ1v) is 20.6. The fourth-order valence-corrected chi connectivity index (χ4v) is 9.14. The summed E-state index contributed by atoms with van der Waals surface area (Å²) in [5.74, 6) is 1.56. The summed E-state index contributed by atoms with van der Waals surface area (Å²) in [7, 11) is 0. The Morgan fingerprint density at radius 1 is 0.473 bits per heavy atom. The van der Waals surface area contributed by atoms with Gasteiger partial charge in [-0.05, 0) is 90.1 Å². The summed E-state index contributed by atoms with van der Waals surface area (Å²) < 4.78 is 14.5. The molecule has 0 spiro atoms. The minimum absolute atomic E-state index is 0.0223. The van der Waals surface area contributed by atoms with E-state index >= 15 is 0 Å². The Bertz CT molecular complexity index is 1970. The molecule has 0 unspecified atom stereocenters. The van der Waals surface area contributed by atoms with E-state index in [0.29, 0.717) is 12.8 Å². The lowest BCUT2D eigenvalue weighted by molar-refractivity contribution is 0.162. The van der Waals surface area contributed by atoms with E-state index in [0.717, 1.165) is 24.6 Å². The number of hydrogen-bond donors (Lipinski definition) is 0. The van der Waals surface area contributed by atoms with Gasteiger partial charge in [-0.3, -0.25) is 0 Å². The second kappa shape index (κ2) is 12.9. The van der Waals surface area contributed by atoms with Crippen LogP contribution in [0.25, 0.3) is 0 Å². The Morgan fingerprint density at radius 2 is 0.800 bits per heavy atom. The van der Waals surface area contributed by atoms with Gasteiger partial charge in [0.2, 0.25) is 11.8 Å². The van der Waals surface area contributed by atoms with Crippen LogP contribution in [0.2, 0.25) is 0 Å². The van der Waals surface area contributed by atoms with Gasteiger partial charge in [-0.2, -0.15) is 0 Å². The largest absolute Gasteiger partial charge is 0.474 e. The van der Waals surface area contributed by atoms with Crippen molar-refractivity contribution < 1.29 is 9.47 Å². The molecule has 8 rings (SSSR count). The summed E-state index contributed by atoms with van der Waals surface area (Å²) in [5, 5.41) is 0. The molecule has 4 nitrogen and oxygen atoms in total. The molecule has 4 atom stereocenters. The van der Waals surface area contributed by atoms with Gasteiger partial charge < -0.3 is 9.47 Å². The van der Waals surface area contributed by atoms with Crippen LogP contribution in [0.4, 0.5) is 0 Å². The van der Waals surface area contributed by atoms with Gasteiger partial charge in [0, 0.05) is 12.8 Å². The maximum Gasteiger partial charge on any atom is 0.201 e. The molecule has 0 saturated heterocycles. The zero-order valence-electron chi connectivity index (χ0n) is 35.4. The Kier molecular flexibility index (Phi) is 8.87. The highest BCUT2D eigenvalue weighted by Crippen LogP contribution is 2.50. The van der Waals surface area contributed by atoms with E-state index in [1.54, 1.807) is 0 Å². The van der Waals surface area contributed by atoms with Crippen LogP contribution in [-0.4, -0.2) is 24.0 Å². The van der Waals surface area contributed by atoms with Gasteiger partial charge >= 0.3 is 0 Å². The van der Waals surface area contributed by atoms with Crippen LogP contribution in [0.15, 0.2) is 94.9 Å². The first kappa shape index (κ1) is 37.7. The summed E-state index contributed by atoms with van der Waals surface area (Å²) in [6.07, 6.45) is 2.99. The first-order valence-electron chi connectivity index (χ1n) is 20.6. The van der Waals surface area contributed by atoms with Crippen molar-refractivity contribution in [1.82, 2.24) is 0 Å². The third-order valence-corrected chi connectivity index (χ3v) is 12.6. The standard InChI is InChI=1S/C51H62N2O2/c1-47(2,3)35-21-31(22-36(27-35)48(4,5)6)29-51(45-52-43-39-19-15-13-17-33(39)25-41(43)54-45,46-53-44-40-20-16-14-18-34(40)26-42(44)55-46)30-32-23-37(49(7,8)9)28-38(24-32)50(10,11)12/h13-24,27-28,41-44H,25-26,29-30H2,1-12H3/t41-,42-,43+,44+/m0/s1. The maximum atomic E-state index is 7.26. The molecular weight excluding hydrogens is 673 g/mol. The molecule has 55 heavy (non-hydrogen) atoms. The van der Waals surface area contributed by atoms with Crippen molar-refractivity contribution in [1.29, 1.82) is 0 Å². The van der Waals surface area contributed by atoms with Crippen LogP contribution >= 0.6 is 0 Å². The number of ether oxygens (including phenoxy) is 2. The molecule has 0 radical (unpaired) electrons. The molecule has 2 aliphatic carbocycles. The lowest BCUT2D eigenvalue weighted by Crippen LogP contribution is -2.45. The number of hydrogen-bond acceptors (Lipinski definition) is 4. The molecule has 0 aromatic heterocycles. The summed E-state index contributed by atoms with van der Waals surface area (Å²) in [6.45, 7) is 27.9. The van der Waals surface area contributed by atoms with Crippen LogP contribution in [0.5, 0.6) is 0 Å². The molecule has 4 aromatic carbocycles. The molecule has 0 bridgehead atoms. The minimum Gasteiger partial charge on any atom is -0.474 e. The van der Waals surface area contributed by atoms with Gasteiger partial charge in [0.1, 0.15) is 29.7 Å². The molecule has 288 valence electrons. The average molecular weight is 735 g/mol. The van der Waals surface area contributed by atoms with Gasteiger partial charge in [-0.25, -0.2) is 9.98 Å². The predicted molar refractivity (Wildman–Crippen MR) is 228 cm³/mol. The summed E-state index contributed by atoms with van der Waals surface area (Å²) in [6, 6.07) is 32.0. The van der Waals surface area contributed by atoms with Gasteiger partial charge in [-0.1, -0.05) is 168 Å². The average Bonchev–Trinajstić information content (AvgIpc) is 3.86. The van der Waals surface area contributed by atoms with E-state index in [9.17, 15) is 0 Å². The van der Waals surface area contributed by atoms with Crippen LogP contribution < -0.4 is 0 Å². The van der Waals surface area contributed by atoms with Crippen LogP contribution in [0, 0.1) is 5.41 Å². The fraction of sp³-hybridized carbons (Fsp3) is 0.490. The van der Waals surface area contributed by atoms with Crippen molar-refractivity contribution in [3.63, 3.8) is 0 Å². The minimum atomic E-state index is -0.768. The number of nitrogens with zero attached hydrogens (tertiary/aromatic N) is 2. The van der Waals surface area contributed by atoms with Gasteiger partial charge in [0.25, 0.3) is 0 Å². The van der Waals surface area contributed by atoms with Crippen LogP contribution in [0.3, 0.4) is 0 Å². The van der Waals surface area contributed by atoms with E-state index in [1.165, 1.54) is 55.6 Å². The van der Waals surface area contributed by atoms with E-state index in [2.05, 4.69) is 168 Å². The van der Waals surface area contributed by atoms with Crippen molar-refractivity contribution >= 4 is 11.8 Å². The molecule has 0 fully saturated rings. The van der Waals surface area contributed by atoms with Crippen LogP contribution in [0.1, 0.15) is 151 Å². The third kappa shape index (κ3) is 6.97. The summed E-state index contributed by atoms with van der Waals surface area (Å²) in [5.41, 5.74) is 12.3. The lowest BCUT2D eigenvalue weighted by atomic mass is 9.71. The number of benzene rings is 4. The van der Waals surface area contributed by atoms with Crippen molar-refractivity contribution in [2.75, 3.05) is 0 Å². The quantitative estimate of drug-likeness (QED) is 0.198. The molecular formula is C51H62N2O2. The molecule has 2 heterocycles. The molecule has 0 saturated carbocycles.